The van der Waals surface area contributed by atoms with Gasteiger partial charge >= 0.3 is 0 Å². The van der Waals surface area contributed by atoms with Crippen LogP contribution in [-0.2, 0) is 7.05 Å². The summed E-state index contributed by atoms with van der Waals surface area (Å²) < 4.78 is 3.65. The maximum atomic E-state index is 5.66. The Labute approximate surface area is 123 Å². The van der Waals surface area contributed by atoms with Crippen LogP contribution in [0.5, 0.6) is 0 Å². The van der Waals surface area contributed by atoms with Crippen molar-refractivity contribution in [2.75, 3.05) is 12.0 Å². The van der Waals surface area contributed by atoms with Crippen LogP contribution in [0.3, 0.4) is 0 Å². The van der Waals surface area contributed by atoms with Crippen molar-refractivity contribution >= 4 is 5.82 Å². The molecule has 0 amide bonds. The van der Waals surface area contributed by atoms with Crippen LogP contribution in [0, 0.1) is 6.92 Å². The van der Waals surface area contributed by atoms with Crippen LogP contribution in [0.15, 0.2) is 42.7 Å². The van der Waals surface area contributed by atoms with Crippen molar-refractivity contribution in [1.82, 2.24) is 19.6 Å². The van der Waals surface area contributed by atoms with Crippen LogP contribution >= 0.6 is 0 Å². The Hall–Kier alpha value is -2.60. The van der Waals surface area contributed by atoms with Crippen molar-refractivity contribution < 1.29 is 0 Å². The normalized spacial score (nSPS) is 10.8. The van der Waals surface area contributed by atoms with E-state index in [0.717, 1.165) is 28.3 Å². The lowest BCUT2D eigenvalue weighted by atomic mass is 10.1. The van der Waals surface area contributed by atoms with Gasteiger partial charge in [-0.3, -0.25) is 4.68 Å². The third kappa shape index (κ3) is 2.41. The van der Waals surface area contributed by atoms with Gasteiger partial charge in [0.05, 0.1) is 18.6 Å². The second-order valence-corrected chi connectivity index (χ2v) is 4.85. The smallest absolute Gasteiger partial charge is 0.134 e. The summed E-state index contributed by atoms with van der Waals surface area (Å²) in [6, 6.07) is 9.99. The Morgan fingerprint density at radius 1 is 1.24 bits per heavy atom. The molecule has 0 fully saturated rings. The highest BCUT2D eigenvalue weighted by atomic mass is 15.3. The number of aryl methyl sites for hydroxylation is 1. The Morgan fingerprint density at radius 2 is 2.00 bits per heavy atom. The fraction of sp³-hybridized carbons (Fsp3) is 0.200. The molecule has 0 aliphatic heterocycles. The molecule has 2 heterocycles. The first-order valence-corrected chi connectivity index (χ1v) is 6.78. The number of hydrogen-bond donors (Lipinski definition) is 2. The molecule has 0 atom stereocenters. The summed E-state index contributed by atoms with van der Waals surface area (Å²) in [5.41, 5.74) is 9.60. The molecule has 3 N–H and O–H groups in total. The predicted molar refractivity (Wildman–Crippen MR) is 83.2 cm³/mol. The fourth-order valence-corrected chi connectivity index (χ4v) is 2.37. The van der Waals surface area contributed by atoms with Crippen molar-refractivity contribution in [2.45, 2.75) is 6.92 Å². The van der Waals surface area contributed by atoms with Gasteiger partial charge in [0.15, 0.2) is 0 Å². The van der Waals surface area contributed by atoms with Crippen LogP contribution in [0.1, 0.15) is 5.56 Å². The van der Waals surface area contributed by atoms with E-state index < -0.39 is 0 Å². The molecule has 0 unspecified atom stereocenters. The van der Waals surface area contributed by atoms with Gasteiger partial charge in [0.1, 0.15) is 11.5 Å². The third-order valence-electron chi connectivity index (χ3n) is 3.37. The highest BCUT2D eigenvalue weighted by Crippen LogP contribution is 2.29. The molecule has 0 bridgehead atoms. The van der Waals surface area contributed by atoms with Gasteiger partial charge < -0.3 is 11.1 Å². The molecule has 6 nitrogen and oxygen atoms in total. The van der Waals surface area contributed by atoms with E-state index in [1.165, 1.54) is 0 Å². The van der Waals surface area contributed by atoms with Crippen molar-refractivity contribution in [1.29, 1.82) is 0 Å². The van der Waals surface area contributed by atoms with Gasteiger partial charge in [0, 0.05) is 24.4 Å². The largest absolute Gasteiger partial charge is 0.357 e. The second-order valence-electron chi connectivity index (χ2n) is 4.85. The fourth-order valence-electron chi connectivity index (χ4n) is 2.37. The number of hydrogen-bond acceptors (Lipinski definition) is 4. The molecule has 0 saturated carbocycles. The zero-order valence-corrected chi connectivity index (χ0v) is 12.1. The maximum absolute atomic E-state index is 5.66. The number of anilines is 1. The van der Waals surface area contributed by atoms with Gasteiger partial charge in [0.25, 0.3) is 0 Å². The molecule has 6 heteroatoms. The number of para-hydroxylation sites is 1. The van der Waals surface area contributed by atoms with E-state index >= 15 is 0 Å². The summed E-state index contributed by atoms with van der Waals surface area (Å²) in [5.74, 6) is 0.905. The highest BCUT2D eigenvalue weighted by molar-refractivity contribution is 5.69. The summed E-state index contributed by atoms with van der Waals surface area (Å²) in [5, 5.41) is 12.1. The molecular formula is C15H18N6. The standard InChI is InChI=1S/C15H18N6/c1-11-14(12-8-18-20(2)9-12)19-21(15(11)17-10-16)13-6-4-3-5-7-13/h3-9,17H,10,16H2,1-2H3. The number of nitrogens with zero attached hydrogens (tertiary/aromatic N) is 4. The number of nitrogens with one attached hydrogen (secondary N) is 1. The quantitative estimate of drug-likeness (QED) is 0.717. The van der Waals surface area contributed by atoms with E-state index in [1.807, 2.05) is 61.4 Å². The summed E-state index contributed by atoms with van der Waals surface area (Å²) in [7, 11) is 1.89. The lowest BCUT2D eigenvalue weighted by Crippen LogP contribution is -2.14. The highest BCUT2D eigenvalue weighted by Gasteiger charge is 2.17. The monoisotopic (exact) mass is 282 g/mol. The minimum atomic E-state index is 0.353. The minimum absolute atomic E-state index is 0.353. The summed E-state index contributed by atoms with van der Waals surface area (Å²) in [4.78, 5) is 0. The SMILES string of the molecule is Cc1c(-c2cnn(C)c2)nn(-c2ccccc2)c1NCN. The Kier molecular flexibility index (Phi) is 3.45. The first-order chi connectivity index (χ1) is 10.2. The number of aromatic nitrogens is 4. The maximum Gasteiger partial charge on any atom is 0.134 e. The molecule has 0 saturated heterocycles. The molecule has 0 aliphatic carbocycles. The van der Waals surface area contributed by atoms with Gasteiger partial charge in [-0.05, 0) is 19.1 Å². The van der Waals surface area contributed by atoms with Crippen molar-refractivity contribution in [2.24, 2.45) is 12.8 Å². The van der Waals surface area contributed by atoms with Crippen LogP contribution in [-0.4, -0.2) is 26.2 Å². The van der Waals surface area contributed by atoms with E-state index in [0.29, 0.717) is 6.67 Å². The molecule has 2 aromatic heterocycles. The first-order valence-electron chi connectivity index (χ1n) is 6.78. The average Bonchev–Trinajstić information content (AvgIpc) is 3.06. The van der Waals surface area contributed by atoms with Gasteiger partial charge in [-0.25, -0.2) is 4.68 Å². The molecule has 21 heavy (non-hydrogen) atoms. The van der Waals surface area contributed by atoms with Crippen LogP contribution < -0.4 is 11.1 Å². The second kappa shape index (κ2) is 5.41. The lowest BCUT2D eigenvalue weighted by molar-refractivity contribution is 0.768. The number of nitrogens with two attached hydrogens (primary N) is 1. The molecule has 0 radical (unpaired) electrons. The number of rotatable bonds is 4. The van der Waals surface area contributed by atoms with Gasteiger partial charge in [-0.1, -0.05) is 18.2 Å². The number of benzene rings is 1. The van der Waals surface area contributed by atoms with Crippen molar-refractivity contribution in [3.05, 3.63) is 48.3 Å². The Morgan fingerprint density at radius 3 is 2.62 bits per heavy atom. The zero-order valence-electron chi connectivity index (χ0n) is 12.1. The predicted octanol–water partition coefficient (Wildman–Crippen LogP) is 1.91. The molecule has 0 aliphatic rings. The van der Waals surface area contributed by atoms with Crippen LogP contribution in [0.2, 0.25) is 0 Å². The minimum Gasteiger partial charge on any atom is -0.357 e. The van der Waals surface area contributed by atoms with E-state index in [9.17, 15) is 0 Å². The average molecular weight is 282 g/mol. The Balaban J connectivity index is 2.16. The summed E-state index contributed by atoms with van der Waals surface area (Å²) in [6.45, 7) is 2.39. The van der Waals surface area contributed by atoms with Crippen LogP contribution in [0.25, 0.3) is 16.9 Å². The van der Waals surface area contributed by atoms with E-state index in [-0.39, 0.29) is 0 Å². The lowest BCUT2D eigenvalue weighted by Gasteiger charge is -2.08. The van der Waals surface area contributed by atoms with Crippen molar-refractivity contribution in [3.8, 4) is 16.9 Å². The van der Waals surface area contributed by atoms with E-state index in [2.05, 4.69) is 10.4 Å². The van der Waals surface area contributed by atoms with E-state index in [4.69, 9.17) is 10.8 Å². The van der Waals surface area contributed by atoms with Gasteiger partial charge in [-0.15, -0.1) is 0 Å². The molecular weight excluding hydrogens is 264 g/mol. The van der Waals surface area contributed by atoms with Crippen LogP contribution in [0.4, 0.5) is 5.82 Å². The Bertz CT molecular complexity index is 741. The first kappa shape index (κ1) is 13.4. The van der Waals surface area contributed by atoms with Gasteiger partial charge in [0.2, 0.25) is 0 Å². The zero-order chi connectivity index (χ0) is 14.8. The summed E-state index contributed by atoms with van der Waals surface area (Å²) in [6.07, 6.45) is 3.77. The molecule has 0 spiro atoms. The summed E-state index contributed by atoms with van der Waals surface area (Å²) >= 11 is 0. The molecule has 108 valence electrons. The third-order valence-corrected chi connectivity index (χ3v) is 3.37. The molecule has 3 aromatic rings. The topological polar surface area (TPSA) is 73.7 Å². The van der Waals surface area contributed by atoms with Gasteiger partial charge in [-0.2, -0.15) is 10.2 Å². The van der Waals surface area contributed by atoms with Crippen molar-refractivity contribution in [3.63, 3.8) is 0 Å². The molecule has 3 rings (SSSR count). The van der Waals surface area contributed by atoms with E-state index in [1.54, 1.807) is 4.68 Å². The molecule has 1 aromatic carbocycles.